The Hall–Kier alpha value is -2.40. The lowest BCUT2D eigenvalue weighted by molar-refractivity contribution is -0.344. The summed E-state index contributed by atoms with van der Waals surface area (Å²) < 4.78 is 111. The van der Waals surface area contributed by atoms with Crippen molar-refractivity contribution < 1.29 is 54.2 Å². The molecule has 0 aliphatic carbocycles. The van der Waals surface area contributed by atoms with Gasteiger partial charge in [-0.05, 0) is 12.0 Å². The molecule has 12 heteroatoms. The Morgan fingerprint density at radius 3 is 1.97 bits per heavy atom. The number of benzene rings is 1. The number of hydrogen-bond donors (Lipinski definition) is 0. The van der Waals surface area contributed by atoms with E-state index in [4.69, 9.17) is 4.74 Å². The molecule has 1 aromatic rings. The van der Waals surface area contributed by atoms with E-state index in [-0.39, 0.29) is 0 Å². The number of rotatable bonds is 11. The summed E-state index contributed by atoms with van der Waals surface area (Å²) in [6.07, 6.45) is -6.90. The van der Waals surface area contributed by atoms with Gasteiger partial charge in [0, 0.05) is 0 Å². The Labute approximate surface area is 166 Å². The largest absolute Gasteiger partial charge is 0.459 e. The molecule has 170 valence electrons. The maximum Gasteiger partial charge on any atom is 0.381 e. The molecule has 4 nitrogen and oxygen atoms in total. The predicted molar refractivity (Wildman–Crippen MR) is 86.6 cm³/mol. The maximum atomic E-state index is 13.3. The molecular formula is C18H18F8O4. The number of carbonyl (C=O) groups excluding carboxylic acids is 2. The molecule has 0 saturated heterocycles. The van der Waals surface area contributed by atoms with E-state index in [1.165, 1.54) is 0 Å². The second-order valence-electron chi connectivity index (χ2n) is 6.16. The van der Waals surface area contributed by atoms with Gasteiger partial charge in [-0.15, -0.1) is 0 Å². The minimum absolute atomic E-state index is 0.375. The van der Waals surface area contributed by atoms with E-state index < -0.39 is 61.7 Å². The van der Waals surface area contributed by atoms with E-state index in [1.54, 1.807) is 37.3 Å². The van der Waals surface area contributed by atoms with Gasteiger partial charge in [0.05, 0.1) is 12.8 Å². The van der Waals surface area contributed by atoms with Crippen molar-refractivity contribution in [3.05, 3.63) is 35.9 Å². The molecule has 0 spiro atoms. The second-order valence-corrected chi connectivity index (χ2v) is 6.16. The average molecular weight is 450 g/mol. The Morgan fingerprint density at radius 2 is 1.47 bits per heavy atom. The lowest BCUT2D eigenvalue weighted by Gasteiger charge is -2.31. The fourth-order valence-corrected chi connectivity index (χ4v) is 2.19. The highest BCUT2D eigenvalue weighted by molar-refractivity contribution is 5.77. The fraction of sp³-hybridized carbons (Fsp3) is 0.556. The molecule has 0 saturated carbocycles. The average Bonchev–Trinajstić information content (AvgIpc) is 2.69. The minimum atomic E-state index is -6.47. The molecule has 0 fully saturated rings. The van der Waals surface area contributed by atoms with Gasteiger partial charge in [-0.25, -0.2) is 8.78 Å². The summed E-state index contributed by atoms with van der Waals surface area (Å²) in [5.41, 5.74) is 0.651. The molecular weight excluding hydrogens is 432 g/mol. The first-order chi connectivity index (χ1) is 13.8. The van der Waals surface area contributed by atoms with E-state index in [0.29, 0.717) is 12.0 Å². The molecule has 0 N–H and O–H groups in total. The molecule has 0 bridgehead atoms. The Balaban J connectivity index is 2.57. The van der Waals surface area contributed by atoms with Gasteiger partial charge < -0.3 is 9.47 Å². The van der Waals surface area contributed by atoms with Crippen LogP contribution in [-0.4, -0.2) is 42.7 Å². The number of hydrogen-bond acceptors (Lipinski definition) is 4. The zero-order valence-corrected chi connectivity index (χ0v) is 15.5. The number of carbonyl (C=O) groups is 2. The van der Waals surface area contributed by atoms with E-state index >= 15 is 0 Å². The van der Waals surface area contributed by atoms with E-state index in [1.807, 2.05) is 0 Å². The summed E-state index contributed by atoms with van der Waals surface area (Å²) in [7, 11) is 0. The van der Waals surface area contributed by atoms with Crippen molar-refractivity contribution in [3.8, 4) is 0 Å². The van der Waals surface area contributed by atoms with Crippen molar-refractivity contribution in [2.75, 3.05) is 6.61 Å². The molecule has 0 aliphatic rings. The molecule has 1 unspecified atom stereocenters. The van der Waals surface area contributed by atoms with Crippen LogP contribution in [-0.2, 0) is 19.1 Å². The number of alkyl halides is 8. The van der Waals surface area contributed by atoms with Crippen molar-refractivity contribution in [1.29, 1.82) is 0 Å². The zero-order valence-electron chi connectivity index (χ0n) is 15.5. The highest BCUT2D eigenvalue weighted by atomic mass is 19.4. The molecule has 0 aromatic heterocycles. The summed E-state index contributed by atoms with van der Waals surface area (Å²) in [4.78, 5) is 23.2. The third-order valence-electron chi connectivity index (χ3n) is 3.92. The summed E-state index contributed by atoms with van der Waals surface area (Å²) in [6, 6.07) is 8.46. The standard InChI is InChI=1S/C18H18F8O4/c1-2-12(11-6-4-3-5-7-11)30-14(28)9-8-13(27)29-10-16(21,22)18(25,26)17(23,24)15(19)20/h3-7,12,15H,2,8-10H2,1H3. The molecule has 0 aliphatic heterocycles. The molecule has 30 heavy (non-hydrogen) atoms. The van der Waals surface area contributed by atoms with Crippen molar-refractivity contribution in [1.82, 2.24) is 0 Å². The lowest BCUT2D eigenvalue weighted by atomic mass is 10.1. The second kappa shape index (κ2) is 10.1. The van der Waals surface area contributed by atoms with Crippen LogP contribution in [0.5, 0.6) is 0 Å². The smallest absolute Gasteiger partial charge is 0.381 e. The van der Waals surface area contributed by atoms with E-state index in [9.17, 15) is 44.7 Å². The first-order valence-electron chi connectivity index (χ1n) is 8.58. The quantitative estimate of drug-likeness (QED) is 0.345. The SMILES string of the molecule is CCC(OC(=O)CCC(=O)OCC(F)(F)C(F)(F)C(F)(F)C(F)F)c1ccccc1. The Morgan fingerprint density at radius 1 is 0.933 bits per heavy atom. The van der Waals surface area contributed by atoms with Gasteiger partial charge in [0.1, 0.15) is 6.10 Å². The summed E-state index contributed by atoms with van der Waals surface area (Å²) in [5, 5.41) is 0. The molecule has 0 heterocycles. The van der Waals surface area contributed by atoms with Crippen LogP contribution in [0.25, 0.3) is 0 Å². The van der Waals surface area contributed by atoms with Crippen molar-refractivity contribution in [2.24, 2.45) is 0 Å². The first-order valence-corrected chi connectivity index (χ1v) is 8.58. The molecule has 1 rings (SSSR count). The highest BCUT2D eigenvalue weighted by Crippen LogP contribution is 2.48. The molecule has 0 amide bonds. The van der Waals surface area contributed by atoms with Gasteiger partial charge in [0.15, 0.2) is 6.61 Å². The Bertz CT molecular complexity index is 709. The van der Waals surface area contributed by atoms with Crippen LogP contribution in [0.1, 0.15) is 37.9 Å². The Kier molecular flexibility index (Phi) is 8.61. The third kappa shape index (κ3) is 6.05. The van der Waals surface area contributed by atoms with Crippen LogP contribution < -0.4 is 0 Å². The van der Waals surface area contributed by atoms with E-state index in [0.717, 1.165) is 0 Å². The molecule has 1 aromatic carbocycles. The van der Waals surface area contributed by atoms with Gasteiger partial charge in [-0.2, -0.15) is 26.3 Å². The summed E-state index contributed by atoms with van der Waals surface area (Å²) >= 11 is 0. The minimum Gasteiger partial charge on any atom is -0.459 e. The van der Waals surface area contributed by atoms with Crippen LogP contribution in [0.4, 0.5) is 35.1 Å². The third-order valence-corrected chi connectivity index (χ3v) is 3.92. The van der Waals surface area contributed by atoms with Crippen LogP contribution in [0, 0.1) is 0 Å². The van der Waals surface area contributed by atoms with Crippen LogP contribution >= 0.6 is 0 Å². The van der Waals surface area contributed by atoms with Crippen LogP contribution in [0.15, 0.2) is 30.3 Å². The van der Waals surface area contributed by atoms with E-state index in [2.05, 4.69) is 4.74 Å². The topological polar surface area (TPSA) is 52.6 Å². The summed E-state index contributed by atoms with van der Waals surface area (Å²) in [5.74, 6) is -21.1. The number of esters is 2. The van der Waals surface area contributed by atoms with Crippen molar-refractivity contribution in [2.45, 2.75) is 56.5 Å². The first kappa shape index (κ1) is 25.6. The predicted octanol–water partition coefficient (Wildman–Crippen LogP) is 5.18. The zero-order chi connectivity index (χ0) is 23.2. The van der Waals surface area contributed by atoms with Crippen molar-refractivity contribution in [3.63, 3.8) is 0 Å². The summed E-state index contributed by atoms with van der Waals surface area (Å²) in [6.45, 7) is -0.867. The fourth-order valence-electron chi connectivity index (χ4n) is 2.19. The van der Waals surface area contributed by atoms with Gasteiger partial charge in [-0.1, -0.05) is 37.3 Å². The number of ether oxygens (including phenoxy) is 2. The van der Waals surface area contributed by atoms with Gasteiger partial charge >= 0.3 is 36.1 Å². The maximum absolute atomic E-state index is 13.3. The van der Waals surface area contributed by atoms with Gasteiger partial charge in [0.2, 0.25) is 0 Å². The lowest BCUT2D eigenvalue weighted by Crippen LogP contribution is -2.59. The molecule has 1 atom stereocenters. The molecule has 0 radical (unpaired) electrons. The highest BCUT2D eigenvalue weighted by Gasteiger charge is 2.75. The van der Waals surface area contributed by atoms with Crippen molar-refractivity contribution >= 4 is 11.9 Å². The normalized spacial score (nSPS) is 13.8. The van der Waals surface area contributed by atoms with Crippen LogP contribution in [0.2, 0.25) is 0 Å². The van der Waals surface area contributed by atoms with Gasteiger partial charge in [0.25, 0.3) is 0 Å². The van der Waals surface area contributed by atoms with Crippen LogP contribution in [0.3, 0.4) is 0 Å². The number of halogens is 8. The monoisotopic (exact) mass is 450 g/mol. The van der Waals surface area contributed by atoms with Gasteiger partial charge in [-0.3, -0.25) is 9.59 Å².